The lowest BCUT2D eigenvalue weighted by Crippen LogP contribution is -2.15. The van der Waals surface area contributed by atoms with E-state index >= 15 is 0 Å². The molecule has 0 saturated heterocycles. The molecular formula is C15H22O2. The molecule has 94 valence electrons. The van der Waals surface area contributed by atoms with Crippen LogP contribution in [0.3, 0.4) is 0 Å². The molecule has 0 spiro atoms. The van der Waals surface area contributed by atoms with Crippen LogP contribution in [0.2, 0.25) is 0 Å². The molecule has 1 aliphatic carbocycles. The van der Waals surface area contributed by atoms with E-state index < -0.39 is 0 Å². The number of aryl methyl sites for hydroxylation is 1. The smallest absolute Gasteiger partial charge is 0.127 e. The second-order valence-electron chi connectivity index (χ2n) is 5.18. The van der Waals surface area contributed by atoms with E-state index in [-0.39, 0.29) is 6.10 Å². The van der Waals surface area contributed by atoms with Gasteiger partial charge in [-0.25, -0.2) is 0 Å². The van der Waals surface area contributed by atoms with Gasteiger partial charge in [-0.3, -0.25) is 0 Å². The number of benzene rings is 1. The van der Waals surface area contributed by atoms with E-state index in [2.05, 4.69) is 13.0 Å². The van der Waals surface area contributed by atoms with E-state index in [0.29, 0.717) is 5.92 Å². The highest BCUT2D eigenvalue weighted by molar-refractivity contribution is 5.46. The Balaban J connectivity index is 2.21. The first-order valence-corrected chi connectivity index (χ1v) is 6.45. The van der Waals surface area contributed by atoms with Crippen molar-refractivity contribution in [1.82, 2.24) is 0 Å². The molecule has 1 N–H and O–H groups in total. The molecule has 0 heterocycles. The summed E-state index contributed by atoms with van der Waals surface area (Å²) in [6.45, 7) is 4.12. The van der Waals surface area contributed by atoms with Crippen molar-refractivity contribution in [3.63, 3.8) is 0 Å². The van der Waals surface area contributed by atoms with Crippen LogP contribution < -0.4 is 4.74 Å². The maximum atomic E-state index is 10.3. The molecule has 1 aliphatic rings. The van der Waals surface area contributed by atoms with Gasteiger partial charge >= 0.3 is 0 Å². The van der Waals surface area contributed by atoms with Gasteiger partial charge in [0.2, 0.25) is 0 Å². The van der Waals surface area contributed by atoms with Gasteiger partial charge in [0, 0.05) is 5.56 Å². The van der Waals surface area contributed by atoms with E-state index in [1.807, 2.05) is 13.0 Å². The fraction of sp³-hybridized carbons (Fsp3) is 0.600. The van der Waals surface area contributed by atoms with Crippen LogP contribution in [0.5, 0.6) is 5.75 Å². The predicted molar refractivity (Wildman–Crippen MR) is 69.4 cm³/mol. The lowest BCUT2D eigenvalue weighted by atomic mass is 9.80. The molecule has 1 fully saturated rings. The van der Waals surface area contributed by atoms with Gasteiger partial charge in [-0.05, 0) is 37.3 Å². The van der Waals surface area contributed by atoms with Gasteiger partial charge in [-0.1, -0.05) is 31.4 Å². The normalized spacial score (nSPS) is 17.6. The highest BCUT2D eigenvalue weighted by Gasteiger charge is 2.24. The summed E-state index contributed by atoms with van der Waals surface area (Å²) in [5.41, 5.74) is 3.29. The lowest BCUT2D eigenvalue weighted by molar-refractivity contribution is 0.116. The highest BCUT2D eigenvalue weighted by Crippen LogP contribution is 2.38. The summed E-state index contributed by atoms with van der Waals surface area (Å²) in [5, 5.41) is 10.3. The molecule has 2 nitrogen and oxygen atoms in total. The highest BCUT2D eigenvalue weighted by atomic mass is 16.5. The van der Waals surface area contributed by atoms with E-state index in [1.54, 1.807) is 7.11 Å². The van der Waals surface area contributed by atoms with Crippen molar-refractivity contribution >= 4 is 0 Å². The fourth-order valence-corrected chi connectivity index (χ4v) is 2.52. The van der Waals surface area contributed by atoms with Crippen molar-refractivity contribution in [2.24, 2.45) is 5.92 Å². The monoisotopic (exact) mass is 234 g/mol. The van der Waals surface area contributed by atoms with Crippen molar-refractivity contribution in [2.75, 3.05) is 7.11 Å². The van der Waals surface area contributed by atoms with Crippen LogP contribution >= 0.6 is 0 Å². The third kappa shape index (κ3) is 2.47. The minimum atomic E-state index is -0.380. The lowest BCUT2D eigenvalue weighted by Gasteiger charge is -2.28. The molecule has 17 heavy (non-hydrogen) atoms. The number of rotatable bonds is 4. The number of methoxy groups -OCH3 is 1. The molecule has 1 atom stereocenters. The van der Waals surface area contributed by atoms with Crippen molar-refractivity contribution in [3.05, 3.63) is 28.8 Å². The maximum Gasteiger partial charge on any atom is 0.127 e. The summed E-state index contributed by atoms with van der Waals surface area (Å²) >= 11 is 0. The van der Waals surface area contributed by atoms with Gasteiger partial charge in [0.25, 0.3) is 0 Å². The molecular weight excluding hydrogens is 212 g/mol. The Morgan fingerprint density at radius 2 is 2.06 bits per heavy atom. The van der Waals surface area contributed by atoms with Gasteiger partial charge in [0.05, 0.1) is 13.2 Å². The largest absolute Gasteiger partial charge is 0.496 e. The zero-order valence-corrected chi connectivity index (χ0v) is 11.0. The molecule has 0 amide bonds. The Morgan fingerprint density at radius 3 is 2.59 bits per heavy atom. The predicted octanol–water partition coefficient (Wildman–Crippen LogP) is 3.54. The first-order valence-electron chi connectivity index (χ1n) is 6.45. The number of hydrogen-bond acceptors (Lipinski definition) is 2. The van der Waals surface area contributed by atoms with Crippen LogP contribution in [0.4, 0.5) is 0 Å². The second-order valence-corrected chi connectivity index (χ2v) is 5.18. The average molecular weight is 234 g/mol. The Bertz CT molecular complexity index is 394. The first-order chi connectivity index (χ1) is 8.13. The molecule has 2 rings (SSSR count). The summed E-state index contributed by atoms with van der Waals surface area (Å²) in [6, 6.07) is 4.07. The third-order valence-corrected chi connectivity index (χ3v) is 4.05. The summed E-state index contributed by atoms with van der Waals surface area (Å²) < 4.78 is 5.45. The van der Waals surface area contributed by atoms with Crippen molar-refractivity contribution < 1.29 is 9.84 Å². The molecule has 1 aromatic carbocycles. The number of hydrogen-bond donors (Lipinski definition) is 1. The number of aliphatic hydroxyl groups is 1. The molecule has 0 radical (unpaired) electrons. The molecule has 0 aromatic heterocycles. The summed E-state index contributed by atoms with van der Waals surface area (Å²) in [4.78, 5) is 0. The van der Waals surface area contributed by atoms with E-state index in [1.165, 1.54) is 24.8 Å². The topological polar surface area (TPSA) is 29.5 Å². The van der Waals surface area contributed by atoms with Gasteiger partial charge in [-0.15, -0.1) is 0 Å². The van der Waals surface area contributed by atoms with Crippen LogP contribution in [0.25, 0.3) is 0 Å². The van der Waals surface area contributed by atoms with Crippen LogP contribution in [0, 0.1) is 19.8 Å². The minimum Gasteiger partial charge on any atom is -0.496 e. The fourth-order valence-electron chi connectivity index (χ4n) is 2.52. The van der Waals surface area contributed by atoms with Crippen LogP contribution in [0.15, 0.2) is 12.1 Å². The van der Waals surface area contributed by atoms with Gasteiger partial charge in [-0.2, -0.15) is 0 Å². The molecule has 2 heteroatoms. The molecule has 1 unspecified atom stereocenters. The molecule has 0 aliphatic heterocycles. The number of ether oxygens (including phenoxy) is 1. The van der Waals surface area contributed by atoms with Gasteiger partial charge < -0.3 is 9.84 Å². The molecule has 1 aromatic rings. The Morgan fingerprint density at radius 1 is 1.35 bits per heavy atom. The average Bonchev–Trinajstić information content (AvgIpc) is 2.26. The second kappa shape index (κ2) is 5.09. The van der Waals surface area contributed by atoms with Crippen molar-refractivity contribution in [3.8, 4) is 5.75 Å². The van der Waals surface area contributed by atoms with E-state index in [4.69, 9.17) is 4.74 Å². The molecule has 0 bridgehead atoms. The van der Waals surface area contributed by atoms with E-state index in [0.717, 1.165) is 23.3 Å². The Hall–Kier alpha value is -1.02. The minimum absolute atomic E-state index is 0.380. The van der Waals surface area contributed by atoms with Crippen molar-refractivity contribution in [1.29, 1.82) is 0 Å². The van der Waals surface area contributed by atoms with Crippen LogP contribution in [-0.4, -0.2) is 12.2 Å². The summed E-state index contributed by atoms with van der Waals surface area (Å²) in [7, 11) is 1.68. The van der Waals surface area contributed by atoms with Crippen LogP contribution in [-0.2, 0) is 0 Å². The maximum absolute atomic E-state index is 10.3. The first kappa shape index (κ1) is 12.4. The van der Waals surface area contributed by atoms with E-state index in [9.17, 15) is 5.11 Å². The zero-order chi connectivity index (χ0) is 12.4. The molecule has 1 saturated carbocycles. The Labute approximate surface area is 104 Å². The SMILES string of the molecule is COc1c(C(O)CC2CCC2)ccc(C)c1C. The third-order valence-electron chi connectivity index (χ3n) is 4.05. The number of aliphatic hydroxyl groups excluding tert-OH is 1. The van der Waals surface area contributed by atoms with Crippen molar-refractivity contribution in [2.45, 2.75) is 45.6 Å². The summed E-state index contributed by atoms with van der Waals surface area (Å²) in [6.07, 6.45) is 4.35. The quantitative estimate of drug-likeness (QED) is 0.863. The van der Waals surface area contributed by atoms with Gasteiger partial charge in [0.15, 0.2) is 0 Å². The summed E-state index contributed by atoms with van der Waals surface area (Å²) in [5.74, 6) is 1.56. The Kier molecular flexibility index (Phi) is 3.72. The zero-order valence-electron chi connectivity index (χ0n) is 11.0. The van der Waals surface area contributed by atoms with Crippen LogP contribution in [0.1, 0.15) is 48.5 Å². The van der Waals surface area contributed by atoms with Gasteiger partial charge in [0.1, 0.15) is 5.75 Å². The standard InChI is InChI=1S/C15H22O2/c1-10-7-8-13(15(17-3)11(10)2)14(16)9-12-5-4-6-12/h7-8,12,14,16H,4-6,9H2,1-3H3.